The highest BCUT2D eigenvalue weighted by Gasteiger charge is 2.19. The summed E-state index contributed by atoms with van der Waals surface area (Å²) in [6, 6.07) is 4.75. The highest BCUT2D eigenvalue weighted by Crippen LogP contribution is 2.19. The van der Waals surface area contributed by atoms with Crippen LogP contribution in [-0.4, -0.2) is 61.3 Å². The number of H-pyrrole nitrogens is 1. The van der Waals surface area contributed by atoms with E-state index in [1.165, 1.54) is 17.0 Å². The lowest BCUT2D eigenvalue weighted by Gasteiger charge is -2.24. The van der Waals surface area contributed by atoms with Gasteiger partial charge >= 0.3 is 6.09 Å². The Labute approximate surface area is 165 Å². The number of fused-ring (bicyclic) bond motifs is 1. The number of halogens is 1. The maximum absolute atomic E-state index is 13.3. The third-order valence-electron chi connectivity index (χ3n) is 4.08. The van der Waals surface area contributed by atoms with Crippen molar-refractivity contribution in [3.05, 3.63) is 35.8 Å². The first kappa shape index (κ1) is 21.5. The lowest BCUT2D eigenvalue weighted by atomic mass is 10.1. The van der Waals surface area contributed by atoms with E-state index in [2.05, 4.69) is 20.6 Å². The third kappa shape index (κ3) is 6.44. The zero-order valence-corrected chi connectivity index (χ0v) is 17.2. The number of aliphatic imine (C=N–C) groups is 1. The summed E-state index contributed by atoms with van der Waals surface area (Å²) in [5.74, 6) is 0.406. The minimum Gasteiger partial charge on any atom is -0.444 e. The Morgan fingerprint density at radius 1 is 1.29 bits per heavy atom. The van der Waals surface area contributed by atoms with Gasteiger partial charge in [0.05, 0.1) is 0 Å². The van der Waals surface area contributed by atoms with Gasteiger partial charge in [0.2, 0.25) is 0 Å². The van der Waals surface area contributed by atoms with Gasteiger partial charge in [0.25, 0.3) is 0 Å². The second kappa shape index (κ2) is 9.43. The summed E-state index contributed by atoms with van der Waals surface area (Å²) in [7, 11) is 3.40. The molecule has 0 saturated heterocycles. The molecule has 1 heterocycles. The Balaban J connectivity index is 1.75. The maximum Gasteiger partial charge on any atom is 0.410 e. The monoisotopic (exact) mass is 391 g/mol. The fourth-order valence-electron chi connectivity index (χ4n) is 2.67. The average molecular weight is 391 g/mol. The molecule has 154 valence electrons. The summed E-state index contributed by atoms with van der Waals surface area (Å²) in [6.07, 6.45) is 2.31. The van der Waals surface area contributed by atoms with Gasteiger partial charge in [-0.15, -0.1) is 0 Å². The summed E-state index contributed by atoms with van der Waals surface area (Å²) < 4.78 is 18.6. The van der Waals surface area contributed by atoms with Crippen LogP contribution in [0.3, 0.4) is 0 Å². The van der Waals surface area contributed by atoms with Crippen molar-refractivity contribution in [1.82, 2.24) is 20.5 Å². The SMILES string of the molecule is CN=C(NCCc1c[nH]c2cc(F)ccc12)NCCN(C)C(=O)OC(C)(C)C. The van der Waals surface area contributed by atoms with E-state index in [9.17, 15) is 9.18 Å². The number of hydrogen-bond acceptors (Lipinski definition) is 3. The molecule has 8 heteroatoms. The van der Waals surface area contributed by atoms with Gasteiger partial charge in [0.1, 0.15) is 11.4 Å². The molecule has 2 rings (SSSR count). The molecule has 28 heavy (non-hydrogen) atoms. The number of nitrogens with zero attached hydrogens (tertiary/aromatic N) is 2. The molecule has 0 spiro atoms. The fraction of sp³-hybridized carbons (Fsp3) is 0.500. The molecule has 0 radical (unpaired) electrons. The van der Waals surface area contributed by atoms with Crippen LogP contribution in [0.15, 0.2) is 29.4 Å². The van der Waals surface area contributed by atoms with Crippen molar-refractivity contribution in [3.63, 3.8) is 0 Å². The van der Waals surface area contributed by atoms with Crippen LogP contribution in [0, 0.1) is 5.82 Å². The number of ether oxygens (including phenoxy) is 1. The van der Waals surface area contributed by atoms with Crippen LogP contribution < -0.4 is 10.6 Å². The van der Waals surface area contributed by atoms with Gasteiger partial charge in [-0.1, -0.05) is 0 Å². The Bertz CT molecular complexity index is 826. The normalized spacial score (nSPS) is 12.1. The number of guanidine groups is 1. The molecular formula is C20H30FN5O2. The van der Waals surface area contributed by atoms with Crippen LogP contribution in [0.4, 0.5) is 9.18 Å². The van der Waals surface area contributed by atoms with Crippen LogP contribution in [-0.2, 0) is 11.2 Å². The number of hydrogen-bond donors (Lipinski definition) is 3. The zero-order valence-electron chi connectivity index (χ0n) is 17.2. The van der Waals surface area contributed by atoms with E-state index in [4.69, 9.17) is 4.74 Å². The first-order valence-electron chi connectivity index (χ1n) is 9.34. The molecule has 1 aromatic heterocycles. The predicted octanol–water partition coefficient (Wildman–Crippen LogP) is 2.88. The molecule has 0 unspecified atom stereocenters. The first-order chi connectivity index (χ1) is 13.2. The van der Waals surface area contributed by atoms with E-state index in [1.807, 2.05) is 27.0 Å². The summed E-state index contributed by atoms with van der Waals surface area (Å²) in [4.78, 5) is 20.7. The molecule has 2 aromatic rings. The number of rotatable bonds is 6. The number of carbonyl (C=O) groups is 1. The van der Waals surface area contributed by atoms with Gasteiger partial charge < -0.3 is 25.3 Å². The van der Waals surface area contributed by atoms with Crippen molar-refractivity contribution in [2.75, 3.05) is 33.7 Å². The Morgan fingerprint density at radius 2 is 2.00 bits per heavy atom. The minimum absolute atomic E-state index is 0.250. The van der Waals surface area contributed by atoms with E-state index in [0.717, 1.165) is 22.9 Å². The Morgan fingerprint density at radius 3 is 2.68 bits per heavy atom. The second-order valence-electron chi connectivity index (χ2n) is 7.58. The molecular weight excluding hydrogens is 361 g/mol. The van der Waals surface area contributed by atoms with Gasteiger partial charge in [-0.2, -0.15) is 0 Å². The summed E-state index contributed by atoms with van der Waals surface area (Å²) >= 11 is 0. The van der Waals surface area contributed by atoms with Crippen LogP contribution >= 0.6 is 0 Å². The van der Waals surface area contributed by atoms with E-state index in [-0.39, 0.29) is 11.9 Å². The van der Waals surface area contributed by atoms with Crippen molar-refractivity contribution >= 4 is 23.0 Å². The number of nitrogens with one attached hydrogen (secondary N) is 3. The molecule has 7 nitrogen and oxygen atoms in total. The molecule has 1 aromatic carbocycles. The van der Waals surface area contributed by atoms with E-state index < -0.39 is 5.60 Å². The number of aromatic nitrogens is 1. The number of likely N-dealkylation sites (N-methyl/N-ethyl adjacent to an activating group) is 1. The Hall–Kier alpha value is -2.77. The molecule has 0 bridgehead atoms. The number of carbonyl (C=O) groups excluding carboxylic acids is 1. The fourth-order valence-corrected chi connectivity index (χ4v) is 2.67. The Kier molecular flexibility index (Phi) is 7.25. The van der Waals surface area contributed by atoms with Crippen LogP contribution in [0.25, 0.3) is 10.9 Å². The summed E-state index contributed by atoms with van der Waals surface area (Å²) in [5, 5.41) is 7.43. The van der Waals surface area contributed by atoms with Gasteiger partial charge in [-0.25, -0.2) is 9.18 Å². The minimum atomic E-state index is -0.509. The molecule has 3 N–H and O–H groups in total. The lowest BCUT2D eigenvalue weighted by molar-refractivity contribution is 0.0302. The molecule has 0 aliphatic rings. The van der Waals surface area contributed by atoms with Crippen molar-refractivity contribution < 1.29 is 13.9 Å². The maximum atomic E-state index is 13.3. The second-order valence-corrected chi connectivity index (χ2v) is 7.58. The predicted molar refractivity (Wildman–Crippen MR) is 110 cm³/mol. The number of aromatic amines is 1. The van der Waals surface area contributed by atoms with Gasteiger partial charge in [-0.05, 0) is 51.0 Å². The van der Waals surface area contributed by atoms with E-state index in [0.29, 0.717) is 25.6 Å². The molecule has 0 aliphatic carbocycles. The summed E-state index contributed by atoms with van der Waals surface area (Å²) in [6.45, 7) is 7.23. The summed E-state index contributed by atoms with van der Waals surface area (Å²) in [5.41, 5.74) is 1.40. The third-order valence-corrected chi connectivity index (χ3v) is 4.08. The highest BCUT2D eigenvalue weighted by atomic mass is 19.1. The topological polar surface area (TPSA) is 81.8 Å². The molecule has 0 fully saturated rings. The standard InChI is InChI=1S/C20H30FN5O2/c1-20(2,3)28-19(27)26(5)11-10-24-18(22-4)23-9-8-14-13-25-17-12-15(21)6-7-16(14)17/h6-7,12-13,25H,8-11H2,1-5H3,(H2,22,23,24). The van der Waals surface area contributed by atoms with Gasteiger partial charge in [0, 0.05) is 50.8 Å². The van der Waals surface area contributed by atoms with Crippen LogP contribution in [0.5, 0.6) is 0 Å². The zero-order chi connectivity index (χ0) is 20.7. The molecule has 1 amide bonds. The number of benzene rings is 1. The average Bonchev–Trinajstić information content (AvgIpc) is 3.00. The van der Waals surface area contributed by atoms with Crippen molar-refractivity contribution in [2.45, 2.75) is 32.8 Å². The lowest BCUT2D eigenvalue weighted by Crippen LogP contribution is -2.43. The van der Waals surface area contributed by atoms with E-state index in [1.54, 1.807) is 20.2 Å². The van der Waals surface area contributed by atoms with Gasteiger partial charge in [0.15, 0.2) is 5.96 Å². The number of amides is 1. The van der Waals surface area contributed by atoms with Crippen molar-refractivity contribution in [2.24, 2.45) is 4.99 Å². The first-order valence-corrected chi connectivity index (χ1v) is 9.34. The quantitative estimate of drug-likeness (QED) is 0.522. The van der Waals surface area contributed by atoms with E-state index >= 15 is 0 Å². The molecule has 0 saturated carbocycles. The molecule has 0 atom stereocenters. The van der Waals surface area contributed by atoms with Crippen LogP contribution in [0.1, 0.15) is 26.3 Å². The highest BCUT2D eigenvalue weighted by molar-refractivity contribution is 5.83. The van der Waals surface area contributed by atoms with Crippen LogP contribution in [0.2, 0.25) is 0 Å². The largest absolute Gasteiger partial charge is 0.444 e. The smallest absolute Gasteiger partial charge is 0.410 e. The van der Waals surface area contributed by atoms with Crippen molar-refractivity contribution in [1.29, 1.82) is 0 Å². The van der Waals surface area contributed by atoms with Crippen molar-refractivity contribution in [3.8, 4) is 0 Å². The van der Waals surface area contributed by atoms with Gasteiger partial charge in [-0.3, -0.25) is 4.99 Å². The molecule has 0 aliphatic heterocycles.